The van der Waals surface area contributed by atoms with E-state index in [0.717, 1.165) is 30.6 Å². The molecule has 24 heavy (non-hydrogen) atoms. The predicted molar refractivity (Wildman–Crippen MR) is 100 cm³/mol. The third-order valence-corrected chi connectivity index (χ3v) is 3.98. The summed E-state index contributed by atoms with van der Waals surface area (Å²) in [5, 5.41) is 0. The summed E-state index contributed by atoms with van der Waals surface area (Å²) in [4.78, 5) is 12.1. The lowest BCUT2D eigenvalue weighted by molar-refractivity contribution is -0.147. The normalized spacial score (nSPS) is 14.2. The topological polar surface area (TPSA) is 35.5 Å². The van der Waals surface area contributed by atoms with Crippen molar-refractivity contribution in [1.29, 1.82) is 0 Å². The molecule has 0 amide bonds. The summed E-state index contributed by atoms with van der Waals surface area (Å²) >= 11 is 0. The van der Waals surface area contributed by atoms with E-state index in [-0.39, 0.29) is 5.97 Å². The molecule has 0 radical (unpaired) electrons. The molecule has 1 rings (SSSR count). The van der Waals surface area contributed by atoms with E-state index in [1.165, 1.54) is 11.6 Å². The van der Waals surface area contributed by atoms with E-state index in [0.29, 0.717) is 0 Å². The van der Waals surface area contributed by atoms with Crippen molar-refractivity contribution in [1.82, 2.24) is 0 Å². The Balaban J connectivity index is 2.61. The first-order valence-corrected chi connectivity index (χ1v) is 8.26. The Labute approximate surface area is 145 Å². The van der Waals surface area contributed by atoms with Crippen LogP contribution in [0.2, 0.25) is 0 Å². The highest BCUT2D eigenvalue weighted by atomic mass is 16.6. The minimum absolute atomic E-state index is 0.371. The number of allylic oxidation sites excluding steroid dienone is 2. The third-order valence-electron chi connectivity index (χ3n) is 3.98. The number of hydrogen-bond donors (Lipinski definition) is 0. The Bertz CT molecular complexity index is 596. The number of benzene rings is 1. The van der Waals surface area contributed by atoms with Crippen LogP contribution in [0.4, 0.5) is 0 Å². The average molecular weight is 328 g/mol. The van der Waals surface area contributed by atoms with Crippen molar-refractivity contribution in [2.75, 3.05) is 7.11 Å². The van der Waals surface area contributed by atoms with E-state index in [9.17, 15) is 4.79 Å². The van der Waals surface area contributed by atoms with Gasteiger partial charge >= 0.3 is 5.97 Å². The molecule has 0 saturated carbocycles. The van der Waals surface area contributed by atoms with E-state index in [4.69, 9.17) is 9.47 Å². The molecule has 1 aromatic rings. The highest BCUT2D eigenvalue weighted by molar-refractivity contribution is 5.87. The summed E-state index contributed by atoms with van der Waals surface area (Å²) in [5.74, 6) is 0.411. The lowest BCUT2D eigenvalue weighted by Gasteiger charge is -2.25. The monoisotopic (exact) mass is 328 g/mol. The van der Waals surface area contributed by atoms with Crippen LogP contribution in [0.25, 0.3) is 6.08 Å². The smallest absolute Gasteiger partial charge is 0.331 e. The number of esters is 1. The molecule has 0 bridgehead atoms. The molecular formula is C21H28O3. The molecule has 1 aromatic carbocycles. The van der Waals surface area contributed by atoms with Gasteiger partial charge in [0.05, 0.1) is 7.11 Å². The van der Waals surface area contributed by atoms with Crippen molar-refractivity contribution in [3.05, 3.63) is 60.2 Å². The van der Waals surface area contributed by atoms with Gasteiger partial charge in [0.15, 0.2) is 0 Å². The summed E-state index contributed by atoms with van der Waals surface area (Å²) < 4.78 is 10.7. The van der Waals surface area contributed by atoms with Crippen LogP contribution >= 0.6 is 0 Å². The molecule has 0 aliphatic rings. The molecule has 3 heteroatoms. The van der Waals surface area contributed by atoms with Gasteiger partial charge in [0.2, 0.25) is 0 Å². The molecule has 0 N–H and O–H groups in total. The predicted octanol–water partition coefficient (Wildman–Crippen LogP) is 5.33. The Kier molecular flexibility index (Phi) is 8.03. The first kappa shape index (κ1) is 19.8. The van der Waals surface area contributed by atoms with E-state index in [1.807, 2.05) is 31.2 Å². The maximum atomic E-state index is 12.1. The summed E-state index contributed by atoms with van der Waals surface area (Å²) in [7, 11) is 1.62. The molecule has 0 saturated heterocycles. The average Bonchev–Trinajstić information content (AvgIpc) is 2.60. The fourth-order valence-corrected chi connectivity index (χ4v) is 2.09. The van der Waals surface area contributed by atoms with E-state index >= 15 is 0 Å². The Morgan fingerprint density at radius 1 is 1.29 bits per heavy atom. The van der Waals surface area contributed by atoms with Gasteiger partial charge in [-0.1, -0.05) is 37.3 Å². The van der Waals surface area contributed by atoms with Crippen molar-refractivity contribution in [2.24, 2.45) is 0 Å². The van der Waals surface area contributed by atoms with Gasteiger partial charge in [-0.05, 0) is 63.0 Å². The fraction of sp³-hybridized carbons (Fsp3) is 0.381. The second-order valence-electron chi connectivity index (χ2n) is 5.99. The van der Waals surface area contributed by atoms with Crippen molar-refractivity contribution in [3.63, 3.8) is 0 Å². The molecule has 0 heterocycles. The largest absolute Gasteiger partial charge is 0.497 e. The van der Waals surface area contributed by atoms with Crippen LogP contribution in [0.1, 0.15) is 45.6 Å². The van der Waals surface area contributed by atoms with Crippen LogP contribution < -0.4 is 4.74 Å². The zero-order valence-corrected chi connectivity index (χ0v) is 15.2. The van der Waals surface area contributed by atoms with Gasteiger partial charge in [-0.2, -0.15) is 0 Å². The minimum atomic E-state index is -0.661. The highest BCUT2D eigenvalue weighted by Gasteiger charge is 2.23. The minimum Gasteiger partial charge on any atom is -0.497 e. The maximum absolute atomic E-state index is 12.1. The number of rotatable bonds is 9. The third kappa shape index (κ3) is 6.86. The molecule has 0 fully saturated rings. The molecule has 130 valence electrons. The van der Waals surface area contributed by atoms with Crippen molar-refractivity contribution in [3.8, 4) is 5.75 Å². The second-order valence-corrected chi connectivity index (χ2v) is 5.99. The highest BCUT2D eigenvalue weighted by Crippen LogP contribution is 2.21. The second kappa shape index (κ2) is 9.76. The first-order valence-electron chi connectivity index (χ1n) is 8.26. The molecule has 1 unspecified atom stereocenters. The van der Waals surface area contributed by atoms with Crippen LogP contribution in [-0.4, -0.2) is 18.7 Å². The van der Waals surface area contributed by atoms with Crippen LogP contribution in [-0.2, 0) is 9.53 Å². The Hall–Kier alpha value is -2.29. The van der Waals surface area contributed by atoms with Gasteiger partial charge in [-0.3, -0.25) is 0 Å². The van der Waals surface area contributed by atoms with E-state index in [2.05, 4.69) is 26.5 Å². The lowest BCUT2D eigenvalue weighted by Crippen LogP contribution is -2.28. The van der Waals surface area contributed by atoms with Crippen molar-refractivity contribution < 1.29 is 14.3 Å². The Morgan fingerprint density at radius 3 is 2.50 bits per heavy atom. The number of carbonyl (C=O) groups excluding carboxylic acids is 1. The number of hydrogen-bond acceptors (Lipinski definition) is 3. The van der Waals surface area contributed by atoms with Gasteiger partial charge in [0.1, 0.15) is 11.4 Å². The van der Waals surface area contributed by atoms with Gasteiger partial charge < -0.3 is 9.47 Å². The number of ether oxygens (including phenoxy) is 2. The summed E-state index contributed by atoms with van der Waals surface area (Å²) in [6.07, 6.45) is 9.66. The standard InChI is InChI=1S/C21H28O3/c1-6-17(3)9-8-16-21(4,7-2)24-20(22)15-12-18-10-13-19(23-5)14-11-18/h7,9-15H,2,6,8,16H2,1,3-5H3/b15-12+,17-9-. The molecule has 0 aliphatic heterocycles. The summed E-state index contributed by atoms with van der Waals surface area (Å²) in [6.45, 7) is 9.92. The zero-order valence-electron chi connectivity index (χ0n) is 15.2. The van der Waals surface area contributed by atoms with Crippen LogP contribution in [0, 0.1) is 0 Å². The van der Waals surface area contributed by atoms with Crippen molar-refractivity contribution in [2.45, 2.75) is 45.6 Å². The first-order chi connectivity index (χ1) is 11.4. The quantitative estimate of drug-likeness (QED) is 0.349. The molecule has 3 nitrogen and oxygen atoms in total. The molecule has 0 aromatic heterocycles. The lowest BCUT2D eigenvalue weighted by atomic mass is 9.99. The number of carbonyl (C=O) groups is 1. The van der Waals surface area contributed by atoms with Crippen LogP contribution in [0.5, 0.6) is 5.75 Å². The van der Waals surface area contributed by atoms with Gasteiger partial charge in [-0.25, -0.2) is 4.79 Å². The number of methoxy groups -OCH3 is 1. The maximum Gasteiger partial charge on any atom is 0.331 e. The SMILES string of the molecule is C=CC(C)(CC/C=C(/C)CC)OC(=O)/C=C/c1ccc(OC)cc1. The van der Waals surface area contributed by atoms with Crippen LogP contribution in [0.3, 0.4) is 0 Å². The van der Waals surface area contributed by atoms with Gasteiger partial charge in [0, 0.05) is 6.08 Å². The van der Waals surface area contributed by atoms with Crippen LogP contribution in [0.15, 0.2) is 54.6 Å². The Morgan fingerprint density at radius 2 is 1.96 bits per heavy atom. The molecule has 1 atom stereocenters. The van der Waals surface area contributed by atoms with Crippen molar-refractivity contribution >= 4 is 12.0 Å². The van der Waals surface area contributed by atoms with Gasteiger partial charge in [0.25, 0.3) is 0 Å². The van der Waals surface area contributed by atoms with E-state index in [1.54, 1.807) is 19.3 Å². The molecule has 0 aliphatic carbocycles. The zero-order chi connectivity index (χ0) is 18.0. The van der Waals surface area contributed by atoms with Gasteiger partial charge in [-0.15, -0.1) is 0 Å². The summed E-state index contributed by atoms with van der Waals surface area (Å²) in [5.41, 5.74) is 1.59. The summed E-state index contributed by atoms with van der Waals surface area (Å²) in [6, 6.07) is 7.46. The molecular weight excluding hydrogens is 300 g/mol. The van der Waals surface area contributed by atoms with E-state index < -0.39 is 5.60 Å². The molecule has 0 spiro atoms. The fourth-order valence-electron chi connectivity index (χ4n) is 2.09.